The summed E-state index contributed by atoms with van der Waals surface area (Å²) in [6.45, 7) is 5.66. The summed E-state index contributed by atoms with van der Waals surface area (Å²) in [4.78, 5) is 19.0. The SMILES string of the molecule is CC(C)Sc1ccc(CC(=O)Nc2nc3c(s2)COCC3)cc1. The van der Waals surface area contributed by atoms with Gasteiger partial charge in [0, 0.05) is 16.6 Å². The Bertz CT molecular complexity index is 657. The van der Waals surface area contributed by atoms with Crippen LogP contribution in [-0.4, -0.2) is 22.7 Å². The zero-order valence-electron chi connectivity index (χ0n) is 13.3. The third-order valence-corrected chi connectivity index (χ3v) is 5.40. The van der Waals surface area contributed by atoms with Crippen molar-refractivity contribution in [1.29, 1.82) is 0 Å². The second-order valence-corrected chi connectivity index (χ2v) is 8.46. The Balaban J connectivity index is 1.57. The number of carbonyl (C=O) groups is 1. The molecule has 3 rings (SSSR count). The van der Waals surface area contributed by atoms with Gasteiger partial charge in [-0.05, 0) is 17.7 Å². The number of anilines is 1. The van der Waals surface area contributed by atoms with Crippen molar-refractivity contribution in [3.8, 4) is 0 Å². The highest BCUT2D eigenvalue weighted by Gasteiger charge is 2.16. The monoisotopic (exact) mass is 348 g/mol. The molecule has 0 unspecified atom stereocenters. The fourth-order valence-corrected chi connectivity index (χ4v) is 4.18. The molecule has 2 heterocycles. The third-order valence-electron chi connectivity index (χ3n) is 3.40. The number of aromatic nitrogens is 1. The van der Waals surface area contributed by atoms with Gasteiger partial charge in [0.15, 0.2) is 5.13 Å². The average molecular weight is 348 g/mol. The van der Waals surface area contributed by atoms with Crippen LogP contribution in [0.5, 0.6) is 0 Å². The molecular formula is C17H20N2O2S2. The minimum Gasteiger partial charge on any atom is -0.375 e. The average Bonchev–Trinajstić information content (AvgIpc) is 2.90. The number of fused-ring (bicyclic) bond motifs is 1. The number of thiazole rings is 1. The smallest absolute Gasteiger partial charge is 0.230 e. The first-order valence-electron chi connectivity index (χ1n) is 7.72. The van der Waals surface area contributed by atoms with Crippen molar-refractivity contribution in [2.24, 2.45) is 0 Å². The molecule has 1 N–H and O–H groups in total. The van der Waals surface area contributed by atoms with Crippen LogP contribution in [0.25, 0.3) is 0 Å². The van der Waals surface area contributed by atoms with Crippen molar-refractivity contribution in [2.75, 3.05) is 11.9 Å². The van der Waals surface area contributed by atoms with Crippen molar-refractivity contribution in [3.63, 3.8) is 0 Å². The van der Waals surface area contributed by atoms with E-state index in [1.54, 1.807) is 0 Å². The molecule has 1 amide bonds. The lowest BCUT2D eigenvalue weighted by Crippen LogP contribution is -2.14. The molecule has 1 aliphatic heterocycles. The van der Waals surface area contributed by atoms with E-state index in [1.807, 2.05) is 23.9 Å². The van der Waals surface area contributed by atoms with E-state index in [0.717, 1.165) is 22.6 Å². The molecule has 0 saturated carbocycles. The Morgan fingerprint density at radius 1 is 1.39 bits per heavy atom. The van der Waals surface area contributed by atoms with Crippen LogP contribution < -0.4 is 5.32 Å². The Hall–Kier alpha value is -1.37. The molecule has 2 aromatic rings. The maximum atomic E-state index is 12.2. The van der Waals surface area contributed by atoms with Gasteiger partial charge in [0.05, 0.1) is 30.2 Å². The summed E-state index contributed by atoms with van der Waals surface area (Å²) >= 11 is 3.34. The van der Waals surface area contributed by atoms with Crippen LogP contribution in [0.3, 0.4) is 0 Å². The Kier molecular flexibility index (Phi) is 5.35. The van der Waals surface area contributed by atoms with Crippen LogP contribution in [0.2, 0.25) is 0 Å². The molecule has 6 heteroatoms. The number of nitrogens with one attached hydrogen (secondary N) is 1. The summed E-state index contributed by atoms with van der Waals surface area (Å²) in [5, 5.41) is 4.14. The summed E-state index contributed by atoms with van der Waals surface area (Å²) < 4.78 is 5.40. The van der Waals surface area contributed by atoms with Crippen molar-refractivity contribution in [3.05, 3.63) is 40.4 Å². The van der Waals surface area contributed by atoms with Gasteiger partial charge >= 0.3 is 0 Å². The van der Waals surface area contributed by atoms with Crippen LogP contribution >= 0.6 is 23.1 Å². The predicted molar refractivity (Wildman–Crippen MR) is 95.2 cm³/mol. The highest BCUT2D eigenvalue weighted by molar-refractivity contribution is 7.99. The summed E-state index contributed by atoms with van der Waals surface area (Å²) in [6.07, 6.45) is 1.20. The standard InChI is InChI=1S/C17H20N2O2S2/c1-11(2)22-13-5-3-12(4-6-13)9-16(20)19-17-18-14-7-8-21-10-15(14)23-17/h3-6,11H,7-10H2,1-2H3,(H,18,19,20). The highest BCUT2D eigenvalue weighted by atomic mass is 32.2. The fraction of sp³-hybridized carbons (Fsp3) is 0.412. The third kappa shape index (κ3) is 4.56. The minimum atomic E-state index is -0.0266. The van der Waals surface area contributed by atoms with E-state index < -0.39 is 0 Å². The second-order valence-electron chi connectivity index (χ2n) is 5.73. The topological polar surface area (TPSA) is 51.2 Å². The molecule has 1 aromatic carbocycles. The zero-order chi connectivity index (χ0) is 16.2. The largest absolute Gasteiger partial charge is 0.375 e. The number of rotatable bonds is 5. The van der Waals surface area contributed by atoms with Gasteiger partial charge in [0.25, 0.3) is 0 Å². The molecular weight excluding hydrogens is 328 g/mol. The molecule has 1 aromatic heterocycles. The lowest BCUT2D eigenvalue weighted by atomic mass is 10.1. The lowest BCUT2D eigenvalue weighted by molar-refractivity contribution is -0.115. The molecule has 23 heavy (non-hydrogen) atoms. The number of nitrogens with zero attached hydrogens (tertiary/aromatic N) is 1. The number of carbonyl (C=O) groups excluding carboxylic acids is 1. The molecule has 122 valence electrons. The van der Waals surface area contributed by atoms with Crippen LogP contribution in [-0.2, 0) is 29.0 Å². The number of thioether (sulfide) groups is 1. The highest BCUT2D eigenvalue weighted by Crippen LogP contribution is 2.27. The molecule has 0 bridgehead atoms. The van der Waals surface area contributed by atoms with Gasteiger partial charge in [-0.2, -0.15) is 0 Å². The van der Waals surface area contributed by atoms with Gasteiger partial charge in [-0.25, -0.2) is 4.98 Å². The number of benzene rings is 1. The van der Waals surface area contributed by atoms with Crippen molar-refractivity contribution in [1.82, 2.24) is 4.98 Å². The molecule has 1 aliphatic rings. The first-order valence-corrected chi connectivity index (χ1v) is 9.41. The number of amides is 1. The van der Waals surface area contributed by atoms with Crippen LogP contribution in [0.4, 0.5) is 5.13 Å². The number of hydrogen-bond acceptors (Lipinski definition) is 5. The number of hydrogen-bond donors (Lipinski definition) is 1. The molecule has 0 aliphatic carbocycles. The van der Waals surface area contributed by atoms with Gasteiger partial charge < -0.3 is 10.1 Å². The van der Waals surface area contributed by atoms with Crippen LogP contribution in [0, 0.1) is 0 Å². The summed E-state index contributed by atoms with van der Waals surface area (Å²) in [5.41, 5.74) is 2.08. The first-order chi connectivity index (χ1) is 11.1. The van der Waals surface area contributed by atoms with Gasteiger partial charge in [0.1, 0.15) is 0 Å². The summed E-state index contributed by atoms with van der Waals surface area (Å²) in [6, 6.07) is 8.19. The van der Waals surface area contributed by atoms with E-state index in [9.17, 15) is 4.79 Å². The quantitative estimate of drug-likeness (QED) is 0.833. The van der Waals surface area contributed by atoms with Gasteiger partial charge in [-0.1, -0.05) is 37.3 Å². The summed E-state index contributed by atoms with van der Waals surface area (Å²) in [5.74, 6) is -0.0266. The molecule has 0 saturated heterocycles. The maximum absolute atomic E-state index is 12.2. The van der Waals surface area contributed by atoms with Crippen LogP contribution in [0.15, 0.2) is 29.2 Å². The van der Waals surface area contributed by atoms with Crippen molar-refractivity contribution >= 4 is 34.1 Å². The Morgan fingerprint density at radius 3 is 2.87 bits per heavy atom. The molecule has 0 spiro atoms. The van der Waals surface area contributed by atoms with E-state index in [2.05, 4.69) is 36.3 Å². The first kappa shape index (κ1) is 16.5. The Labute approximate surface area is 144 Å². The minimum absolute atomic E-state index is 0.0266. The van der Waals surface area contributed by atoms with Crippen LogP contribution in [0.1, 0.15) is 30.0 Å². The molecule has 0 radical (unpaired) electrons. The Morgan fingerprint density at radius 2 is 2.17 bits per heavy atom. The fourth-order valence-electron chi connectivity index (χ4n) is 2.39. The molecule has 0 fully saturated rings. The zero-order valence-corrected chi connectivity index (χ0v) is 14.9. The second kappa shape index (κ2) is 7.47. The van der Waals surface area contributed by atoms with Gasteiger partial charge in [-0.3, -0.25) is 4.79 Å². The van der Waals surface area contributed by atoms with E-state index in [-0.39, 0.29) is 5.91 Å². The van der Waals surface area contributed by atoms with Gasteiger partial charge in [-0.15, -0.1) is 11.8 Å². The van der Waals surface area contributed by atoms with E-state index in [0.29, 0.717) is 30.0 Å². The normalized spacial score (nSPS) is 13.9. The van der Waals surface area contributed by atoms with E-state index in [4.69, 9.17) is 4.74 Å². The maximum Gasteiger partial charge on any atom is 0.230 e. The lowest BCUT2D eigenvalue weighted by Gasteiger charge is -2.08. The van der Waals surface area contributed by atoms with E-state index >= 15 is 0 Å². The van der Waals surface area contributed by atoms with Crippen molar-refractivity contribution < 1.29 is 9.53 Å². The van der Waals surface area contributed by atoms with Gasteiger partial charge in [0.2, 0.25) is 5.91 Å². The molecule has 4 nitrogen and oxygen atoms in total. The van der Waals surface area contributed by atoms with Crippen molar-refractivity contribution in [2.45, 2.75) is 43.4 Å². The molecule has 0 atom stereocenters. The summed E-state index contributed by atoms with van der Waals surface area (Å²) in [7, 11) is 0. The number of ether oxygens (including phenoxy) is 1. The predicted octanol–water partition coefficient (Wildman–Crippen LogP) is 3.90. The van der Waals surface area contributed by atoms with E-state index in [1.165, 1.54) is 16.2 Å².